The van der Waals surface area contributed by atoms with Crippen molar-refractivity contribution in [1.29, 1.82) is 5.26 Å². The second-order valence-corrected chi connectivity index (χ2v) is 7.82. The summed E-state index contributed by atoms with van der Waals surface area (Å²) < 4.78 is 0. The Hall–Kier alpha value is -3.56. The highest BCUT2D eigenvalue weighted by Crippen LogP contribution is 2.25. The molecule has 3 rings (SSSR count). The molecule has 3 aromatic carbocycles. The van der Waals surface area contributed by atoms with Gasteiger partial charge in [0.2, 0.25) is 5.91 Å². The first kappa shape index (κ1) is 21.2. The molecule has 0 aliphatic carbocycles. The maximum Gasteiger partial charge on any atom is 0.256 e. The molecule has 0 atom stereocenters. The van der Waals surface area contributed by atoms with E-state index in [1.54, 1.807) is 36.4 Å². The lowest BCUT2D eigenvalue weighted by Gasteiger charge is -2.12. The van der Waals surface area contributed by atoms with Crippen LogP contribution in [0, 0.1) is 25.2 Å². The lowest BCUT2D eigenvalue weighted by molar-refractivity contribution is -0.113. The predicted molar refractivity (Wildman–Crippen MR) is 121 cm³/mol. The van der Waals surface area contributed by atoms with E-state index in [9.17, 15) is 9.59 Å². The largest absolute Gasteiger partial charge is 0.325 e. The van der Waals surface area contributed by atoms with Crippen molar-refractivity contribution < 1.29 is 9.59 Å². The third kappa shape index (κ3) is 5.49. The van der Waals surface area contributed by atoms with Crippen molar-refractivity contribution in [3.8, 4) is 6.07 Å². The van der Waals surface area contributed by atoms with Gasteiger partial charge in [-0.2, -0.15) is 5.26 Å². The molecule has 2 N–H and O–H groups in total. The lowest BCUT2D eigenvalue weighted by Crippen LogP contribution is -2.16. The van der Waals surface area contributed by atoms with Gasteiger partial charge in [0.05, 0.1) is 22.9 Å². The monoisotopic (exact) mass is 415 g/mol. The number of carbonyl (C=O) groups excluding carboxylic acids is 2. The molecular weight excluding hydrogens is 394 g/mol. The van der Waals surface area contributed by atoms with E-state index < -0.39 is 0 Å². The van der Waals surface area contributed by atoms with Gasteiger partial charge in [0.25, 0.3) is 5.91 Å². The maximum absolute atomic E-state index is 12.8. The molecule has 0 aliphatic heterocycles. The zero-order chi connectivity index (χ0) is 21.5. The van der Waals surface area contributed by atoms with Crippen LogP contribution in [0.25, 0.3) is 0 Å². The number of nitriles is 1. The Morgan fingerprint density at radius 1 is 0.967 bits per heavy atom. The van der Waals surface area contributed by atoms with Gasteiger partial charge in [0.1, 0.15) is 0 Å². The smallest absolute Gasteiger partial charge is 0.256 e. The number of benzene rings is 3. The van der Waals surface area contributed by atoms with Crippen molar-refractivity contribution in [2.45, 2.75) is 18.7 Å². The van der Waals surface area contributed by atoms with E-state index in [1.165, 1.54) is 11.8 Å². The second kappa shape index (κ2) is 9.77. The van der Waals surface area contributed by atoms with Crippen molar-refractivity contribution in [2.75, 3.05) is 16.4 Å². The van der Waals surface area contributed by atoms with E-state index in [1.807, 2.05) is 50.2 Å². The number of rotatable bonds is 6. The summed E-state index contributed by atoms with van der Waals surface area (Å²) in [5, 5.41) is 14.7. The second-order valence-electron chi connectivity index (χ2n) is 6.80. The predicted octanol–water partition coefficient (Wildman–Crippen LogP) is 5.16. The number of aryl methyl sites for hydroxylation is 2. The summed E-state index contributed by atoms with van der Waals surface area (Å²) in [5.41, 5.74) is 4.39. The van der Waals surface area contributed by atoms with Crippen LogP contribution in [0.1, 0.15) is 27.0 Å². The van der Waals surface area contributed by atoms with Crippen LogP contribution in [0.3, 0.4) is 0 Å². The Bertz CT molecular complexity index is 1140. The third-order valence-electron chi connectivity index (χ3n) is 4.41. The molecule has 0 unspecified atom stereocenters. The number of hydrogen-bond acceptors (Lipinski definition) is 4. The normalized spacial score (nSPS) is 10.2. The fraction of sp³-hybridized carbons (Fsp3) is 0.125. The molecule has 30 heavy (non-hydrogen) atoms. The fourth-order valence-electron chi connectivity index (χ4n) is 2.85. The molecule has 0 spiro atoms. The van der Waals surface area contributed by atoms with E-state index in [0.29, 0.717) is 16.8 Å². The molecule has 0 aromatic heterocycles. The average molecular weight is 416 g/mol. The van der Waals surface area contributed by atoms with Crippen LogP contribution >= 0.6 is 11.8 Å². The van der Waals surface area contributed by atoms with Crippen LogP contribution in [-0.2, 0) is 4.79 Å². The van der Waals surface area contributed by atoms with Gasteiger partial charge in [-0.15, -0.1) is 11.8 Å². The first-order chi connectivity index (χ1) is 14.5. The van der Waals surface area contributed by atoms with Gasteiger partial charge in [0.15, 0.2) is 0 Å². The van der Waals surface area contributed by atoms with Gasteiger partial charge in [-0.3, -0.25) is 9.59 Å². The summed E-state index contributed by atoms with van der Waals surface area (Å²) in [7, 11) is 0. The van der Waals surface area contributed by atoms with E-state index in [4.69, 9.17) is 5.26 Å². The van der Waals surface area contributed by atoms with Crippen molar-refractivity contribution in [3.05, 3.63) is 89.0 Å². The highest BCUT2D eigenvalue weighted by Gasteiger charge is 2.14. The first-order valence-corrected chi connectivity index (χ1v) is 10.4. The third-order valence-corrected chi connectivity index (χ3v) is 5.48. The quantitative estimate of drug-likeness (QED) is 0.545. The minimum absolute atomic E-state index is 0.143. The van der Waals surface area contributed by atoms with Crippen LogP contribution in [0.15, 0.2) is 71.6 Å². The van der Waals surface area contributed by atoms with Gasteiger partial charge >= 0.3 is 0 Å². The van der Waals surface area contributed by atoms with Gasteiger partial charge in [-0.1, -0.05) is 30.3 Å². The van der Waals surface area contributed by atoms with Crippen molar-refractivity contribution in [1.82, 2.24) is 0 Å². The first-order valence-electron chi connectivity index (χ1n) is 9.36. The average Bonchev–Trinajstić information content (AvgIpc) is 2.75. The molecule has 0 aliphatic rings. The Morgan fingerprint density at radius 3 is 2.57 bits per heavy atom. The molecule has 0 fully saturated rings. The zero-order valence-electron chi connectivity index (χ0n) is 16.7. The number of thioether (sulfide) groups is 1. The zero-order valence-corrected chi connectivity index (χ0v) is 17.5. The van der Waals surface area contributed by atoms with E-state index in [0.717, 1.165) is 21.7 Å². The molecular formula is C24H21N3O2S. The van der Waals surface area contributed by atoms with E-state index in [-0.39, 0.29) is 17.6 Å². The highest BCUT2D eigenvalue weighted by atomic mass is 32.2. The van der Waals surface area contributed by atoms with E-state index >= 15 is 0 Å². The SMILES string of the molecule is Cc1ccc(C)c(NC(=O)c2ccccc2SCC(=O)Nc2cccc(C#N)c2)c1. The molecule has 0 bridgehead atoms. The van der Waals surface area contributed by atoms with Crippen molar-refractivity contribution in [2.24, 2.45) is 0 Å². The Kier molecular flexibility index (Phi) is 6.89. The Morgan fingerprint density at radius 2 is 1.77 bits per heavy atom. The van der Waals surface area contributed by atoms with Crippen LogP contribution in [0.4, 0.5) is 11.4 Å². The molecule has 0 saturated carbocycles. The van der Waals surface area contributed by atoms with Gasteiger partial charge in [-0.25, -0.2) is 0 Å². The van der Waals surface area contributed by atoms with Crippen LogP contribution in [0.5, 0.6) is 0 Å². The molecule has 2 amide bonds. The van der Waals surface area contributed by atoms with Crippen LogP contribution < -0.4 is 10.6 Å². The maximum atomic E-state index is 12.8. The Labute approximate surface area is 180 Å². The molecule has 3 aromatic rings. The highest BCUT2D eigenvalue weighted by molar-refractivity contribution is 8.00. The molecule has 0 saturated heterocycles. The molecule has 0 heterocycles. The lowest BCUT2D eigenvalue weighted by atomic mass is 10.1. The summed E-state index contributed by atoms with van der Waals surface area (Å²) >= 11 is 1.29. The number of nitrogens with zero attached hydrogens (tertiary/aromatic N) is 1. The number of nitrogens with one attached hydrogen (secondary N) is 2. The van der Waals surface area contributed by atoms with Gasteiger partial charge < -0.3 is 10.6 Å². The molecule has 0 radical (unpaired) electrons. The Balaban J connectivity index is 1.67. The van der Waals surface area contributed by atoms with Crippen molar-refractivity contribution >= 4 is 35.0 Å². The number of carbonyl (C=O) groups is 2. The van der Waals surface area contributed by atoms with Gasteiger partial charge in [-0.05, 0) is 61.4 Å². The number of anilines is 2. The van der Waals surface area contributed by atoms with Gasteiger partial charge in [0, 0.05) is 16.3 Å². The fourth-order valence-corrected chi connectivity index (χ4v) is 3.70. The number of amides is 2. The minimum atomic E-state index is -0.214. The summed E-state index contributed by atoms with van der Waals surface area (Å²) in [4.78, 5) is 25.9. The van der Waals surface area contributed by atoms with Crippen molar-refractivity contribution in [3.63, 3.8) is 0 Å². The standard InChI is InChI=1S/C24H21N3O2S/c1-16-10-11-17(2)21(12-16)27-24(29)20-8-3-4-9-22(20)30-15-23(28)26-19-7-5-6-18(13-19)14-25/h3-13H,15H2,1-2H3,(H,26,28)(H,27,29). The number of hydrogen-bond donors (Lipinski definition) is 2. The summed E-state index contributed by atoms with van der Waals surface area (Å²) in [6.07, 6.45) is 0. The van der Waals surface area contributed by atoms with Crippen LogP contribution in [-0.4, -0.2) is 17.6 Å². The topological polar surface area (TPSA) is 82.0 Å². The van der Waals surface area contributed by atoms with Crippen LogP contribution in [0.2, 0.25) is 0 Å². The minimum Gasteiger partial charge on any atom is -0.325 e. The summed E-state index contributed by atoms with van der Waals surface area (Å²) in [6.45, 7) is 3.92. The summed E-state index contributed by atoms with van der Waals surface area (Å²) in [5.74, 6) is -0.279. The summed E-state index contributed by atoms with van der Waals surface area (Å²) in [6, 6.07) is 21.9. The molecule has 5 nitrogen and oxygen atoms in total. The molecule has 150 valence electrons. The molecule has 6 heteroatoms. The van der Waals surface area contributed by atoms with E-state index in [2.05, 4.69) is 10.6 Å².